The van der Waals surface area contributed by atoms with Crippen LogP contribution in [-0.2, 0) is 6.54 Å². The van der Waals surface area contributed by atoms with Gasteiger partial charge in [-0.15, -0.1) is 0 Å². The number of hydrogen-bond donors (Lipinski definition) is 1. The smallest absolute Gasteiger partial charge is 0.129 e. The molecule has 0 aliphatic carbocycles. The molecule has 0 aliphatic rings. The molecule has 0 heterocycles. The van der Waals surface area contributed by atoms with E-state index >= 15 is 0 Å². The highest BCUT2D eigenvalue weighted by Crippen LogP contribution is 2.26. The summed E-state index contributed by atoms with van der Waals surface area (Å²) < 4.78 is 13.5. The Balaban J connectivity index is 2.13. The Bertz CT molecular complexity index is 572. The standard InChI is InChI=1S/C13H9Cl3FN/c14-9-2-1-8(12(17)5-9)7-18-13-6-10(15)3-4-11(13)16/h1-6,18H,7H2. The van der Waals surface area contributed by atoms with Crippen LogP contribution in [0, 0.1) is 5.82 Å². The van der Waals surface area contributed by atoms with Crippen molar-refractivity contribution in [2.45, 2.75) is 6.54 Å². The van der Waals surface area contributed by atoms with Gasteiger partial charge in [-0.3, -0.25) is 0 Å². The second-order valence-electron chi connectivity index (χ2n) is 3.71. The summed E-state index contributed by atoms with van der Waals surface area (Å²) in [7, 11) is 0. The average molecular weight is 305 g/mol. The lowest BCUT2D eigenvalue weighted by molar-refractivity contribution is 0.613. The van der Waals surface area contributed by atoms with Gasteiger partial charge < -0.3 is 5.32 Å². The van der Waals surface area contributed by atoms with E-state index in [-0.39, 0.29) is 5.82 Å². The molecule has 0 saturated heterocycles. The van der Waals surface area contributed by atoms with Crippen LogP contribution in [-0.4, -0.2) is 0 Å². The summed E-state index contributed by atoms with van der Waals surface area (Å²) in [4.78, 5) is 0. The molecule has 1 nitrogen and oxygen atoms in total. The Kier molecular flexibility index (Phi) is 4.33. The molecule has 0 unspecified atom stereocenters. The van der Waals surface area contributed by atoms with E-state index in [9.17, 15) is 4.39 Å². The van der Waals surface area contributed by atoms with Gasteiger partial charge in [-0.2, -0.15) is 0 Å². The van der Waals surface area contributed by atoms with E-state index in [2.05, 4.69) is 5.32 Å². The average Bonchev–Trinajstić information content (AvgIpc) is 2.32. The molecule has 18 heavy (non-hydrogen) atoms. The predicted octanol–water partition coefficient (Wildman–Crippen LogP) is 5.40. The molecule has 0 spiro atoms. The third-order valence-corrected chi connectivity index (χ3v) is 3.21. The van der Waals surface area contributed by atoms with Crippen LogP contribution in [0.15, 0.2) is 36.4 Å². The molecule has 2 rings (SSSR count). The van der Waals surface area contributed by atoms with Gasteiger partial charge in [0, 0.05) is 22.2 Å². The zero-order valence-electron chi connectivity index (χ0n) is 9.18. The van der Waals surface area contributed by atoms with E-state index in [1.54, 1.807) is 30.3 Å². The number of rotatable bonds is 3. The summed E-state index contributed by atoms with van der Waals surface area (Å²) in [5, 5.41) is 4.51. The maximum atomic E-state index is 13.5. The maximum Gasteiger partial charge on any atom is 0.129 e. The number of nitrogens with one attached hydrogen (secondary N) is 1. The highest BCUT2D eigenvalue weighted by atomic mass is 35.5. The summed E-state index contributed by atoms with van der Waals surface area (Å²) >= 11 is 17.5. The fourth-order valence-electron chi connectivity index (χ4n) is 1.49. The minimum absolute atomic E-state index is 0.309. The van der Waals surface area contributed by atoms with Crippen LogP contribution >= 0.6 is 34.8 Å². The Hall–Kier alpha value is -0.960. The van der Waals surface area contributed by atoms with Crippen LogP contribution in [0.5, 0.6) is 0 Å². The fourth-order valence-corrected chi connectivity index (χ4v) is 2.00. The molecule has 0 aromatic heterocycles. The summed E-state index contributed by atoms with van der Waals surface area (Å²) in [5.74, 6) is -0.354. The Morgan fingerprint density at radius 2 is 1.61 bits per heavy atom. The Morgan fingerprint density at radius 3 is 2.33 bits per heavy atom. The highest BCUT2D eigenvalue weighted by molar-refractivity contribution is 6.35. The van der Waals surface area contributed by atoms with Gasteiger partial charge in [-0.1, -0.05) is 40.9 Å². The topological polar surface area (TPSA) is 12.0 Å². The first kappa shape index (κ1) is 13.5. The van der Waals surface area contributed by atoms with Crippen molar-refractivity contribution >= 4 is 40.5 Å². The molecule has 0 saturated carbocycles. The molecular weight excluding hydrogens is 296 g/mol. The van der Waals surface area contributed by atoms with Crippen molar-refractivity contribution in [3.8, 4) is 0 Å². The highest BCUT2D eigenvalue weighted by Gasteiger charge is 2.05. The minimum atomic E-state index is -0.354. The van der Waals surface area contributed by atoms with Crippen LogP contribution in [0.3, 0.4) is 0 Å². The van der Waals surface area contributed by atoms with Gasteiger partial charge in [-0.25, -0.2) is 4.39 Å². The first-order valence-corrected chi connectivity index (χ1v) is 6.32. The van der Waals surface area contributed by atoms with Gasteiger partial charge >= 0.3 is 0 Å². The molecule has 94 valence electrons. The molecule has 2 aromatic rings. The van der Waals surface area contributed by atoms with Crippen molar-refractivity contribution in [3.05, 3.63) is 62.8 Å². The molecule has 1 N–H and O–H groups in total. The lowest BCUT2D eigenvalue weighted by Gasteiger charge is -2.09. The SMILES string of the molecule is Fc1cc(Cl)ccc1CNc1cc(Cl)ccc1Cl. The molecule has 0 aliphatic heterocycles. The van der Waals surface area contributed by atoms with Crippen LogP contribution in [0.25, 0.3) is 0 Å². The molecule has 0 atom stereocenters. The van der Waals surface area contributed by atoms with Crippen molar-refractivity contribution in [1.82, 2.24) is 0 Å². The minimum Gasteiger partial charge on any atom is -0.380 e. The van der Waals surface area contributed by atoms with E-state index in [0.717, 1.165) is 0 Å². The predicted molar refractivity (Wildman–Crippen MR) is 75.2 cm³/mol. The molecule has 0 bridgehead atoms. The first-order chi connectivity index (χ1) is 8.56. The summed E-state index contributed by atoms with van der Waals surface area (Å²) in [6.07, 6.45) is 0. The monoisotopic (exact) mass is 303 g/mol. The molecule has 0 radical (unpaired) electrons. The Labute approximate surface area is 119 Å². The summed E-state index contributed by atoms with van der Waals surface area (Å²) in [6, 6.07) is 9.61. The van der Waals surface area contributed by atoms with Crippen molar-refractivity contribution in [2.75, 3.05) is 5.32 Å². The second-order valence-corrected chi connectivity index (χ2v) is 4.99. The molecule has 5 heteroatoms. The number of anilines is 1. The van der Waals surface area contributed by atoms with E-state index < -0.39 is 0 Å². The van der Waals surface area contributed by atoms with E-state index in [1.807, 2.05) is 0 Å². The first-order valence-electron chi connectivity index (χ1n) is 5.19. The normalized spacial score (nSPS) is 10.4. The van der Waals surface area contributed by atoms with E-state index in [1.165, 1.54) is 6.07 Å². The summed E-state index contributed by atoms with van der Waals surface area (Å²) in [6.45, 7) is 0.309. The fraction of sp³-hybridized carbons (Fsp3) is 0.0769. The number of benzene rings is 2. The van der Waals surface area contributed by atoms with Gasteiger partial charge in [0.15, 0.2) is 0 Å². The molecule has 0 amide bonds. The molecule has 0 fully saturated rings. The van der Waals surface area contributed by atoms with Crippen LogP contribution < -0.4 is 5.32 Å². The van der Waals surface area contributed by atoms with Gasteiger partial charge in [0.1, 0.15) is 5.82 Å². The molecule has 2 aromatic carbocycles. The quantitative estimate of drug-likeness (QED) is 0.800. The third kappa shape index (κ3) is 3.29. The van der Waals surface area contributed by atoms with Crippen molar-refractivity contribution in [1.29, 1.82) is 0 Å². The number of halogens is 4. The van der Waals surface area contributed by atoms with Gasteiger partial charge in [0.2, 0.25) is 0 Å². The zero-order valence-corrected chi connectivity index (χ0v) is 11.5. The van der Waals surface area contributed by atoms with Gasteiger partial charge in [0.05, 0.1) is 10.7 Å². The number of hydrogen-bond acceptors (Lipinski definition) is 1. The molecular formula is C13H9Cl3FN. The van der Waals surface area contributed by atoms with Crippen LogP contribution in [0.1, 0.15) is 5.56 Å². The Morgan fingerprint density at radius 1 is 0.944 bits per heavy atom. The van der Waals surface area contributed by atoms with Crippen LogP contribution in [0.4, 0.5) is 10.1 Å². The lowest BCUT2D eigenvalue weighted by Crippen LogP contribution is -2.02. The lowest BCUT2D eigenvalue weighted by atomic mass is 10.2. The van der Waals surface area contributed by atoms with E-state index in [4.69, 9.17) is 34.8 Å². The van der Waals surface area contributed by atoms with Crippen molar-refractivity contribution in [2.24, 2.45) is 0 Å². The van der Waals surface area contributed by atoms with Crippen molar-refractivity contribution < 1.29 is 4.39 Å². The van der Waals surface area contributed by atoms with Gasteiger partial charge in [0.25, 0.3) is 0 Å². The summed E-state index contributed by atoms with van der Waals surface area (Å²) in [5.41, 5.74) is 1.17. The van der Waals surface area contributed by atoms with Crippen molar-refractivity contribution in [3.63, 3.8) is 0 Å². The largest absolute Gasteiger partial charge is 0.380 e. The second kappa shape index (κ2) is 5.79. The zero-order chi connectivity index (χ0) is 13.1. The van der Waals surface area contributed by atoms with E-state index in [0.29, 0.717) is 32.9 Å². The van der Waals surface area contributed by atoms with Crippen LogP contribution in [0.2, 0.25) is 15.1 Å². The van der Waals surface area contributed by atoms with Gasteiger partial charge in [-0.05, 0) is 30.3 Å². The third-order valence-electron chi connectivity index (χ3n) is 2.41. The maximum absolute atomic E-state index is 13.5.